The minimum Gasteiger partial charge on any atom is -0.384 e. The van der Waals surface area contributed by atoms with Gasteiger partial charge in [-0.15, -0.1) is 0 Å². The van der Waals surface area contributed by atoms with E-state index < -0.39 is 0 Å². The van der Waals surface area contributed by atoms with Gasteiger partial charge in [-0.05, 0) is 27.7 Å². The molecule has 1 aliphatic rings. The van der Waals surface area contributed by atoms with Gasteiger partial charge in [0, 0.05) is 38.2 Å². The van der Waals surface area contributed by atoms with E-state index in [1.165, 1.54) is 11.5 Å². The van der Waals surface area contributed by atoms with Gasteiger partial charge in [-0.25, -0.2) is 4.98 Å². The lowest BCUT2D eigenvalue weighted by molar-refractivity contribution is -0.133. The smallest absolute Gasteiger partial charge is 0.205 e. The molecule has 1 aromatic heterocycles. The molecule has 1 saturated heterocycles. The van der Waals surface area contributed by atoms with Gasteiger partial charge < -0.3 is 14.4 Å². The summed E-state index contributed by atoms with van der Waals surface area (Å²) >= 11 is 1.46. The highest BCUT2D eigenvalue weighted by Crippen LogP contribution is 2.32. The highest BCUT2D eigenvalue weighted by molar-refractivity contribution is 7.09. The average molecular weight is 285 g/mol. The molecule has 108 valence electrons. The Hall–Kier alpha value is -0.720. The summed E-state index contributed by atoms with van der Waals surface area (Å²) in [7, 11) is 1.69. The van der Waals surface area contributed by atoms with Crippen molar-refractivity contribution < 1.29 is 9.47 Å². The van der Waals surface area contributed by atoms with E-state index in [0.717, 1.165) is 30.5 Å². The second-order valence-electron chi connectivity index (χ2n) is 6.21. The average Bonchev–Trinajstić information content (AvgIpc) is 2.70. The summed E-state index contributed by atoms with van der Waals surface area (Å²) < 4.78 is 15.5. The Morgan fingerprint density at radius 3 is 2.47 bits per heavy atom. The Morgan fingerprint density at radius 1 is 1.26 bits per heavy atom. The molecular formula is C13H23N3O2S. The summed E-state index contributed by atoms with van der Waals surface area (Å²) in [5.74, 6) is 0.865. The molecule has 5 nitrogen and oxygen atoms in total. The number of nitrogens with zero attached hydrogens (tertiary/aromatic N) is 3. The fraction of sp³-hybridized carbons (Fsp3) is 0.846. The summed E-state index contributed by atoms with van der Waals surface area (Å²) in [5.41, 5.74) is -0.333. The number of aromatic nitrogens is 2. The topological polar surface area (TPSA) is 47.5 Å². The van der Waals surface area contributed by atoms with Crippen LogP contribution in [0.1, 0.15) is 33.5 Å². The van der Waals surface area contributed by atoms with E-state index in [-0.39, 0.29) is 11.2 Å². The zero-order valence-corrected chi connectivity index (χ0v) is 13.2. The van der Waals surface area contributed by atoms with Crippen LogP contribution in [-0.4, -0.2) is 47.4 Å². The normalized spacial score (nSPS) is 21.6. The third kappa shape index (κ3) is 3.87. The fourth-order valence-corrected chi connectivity index (χ4v) is 3.30. The number of ether oxygens (including phenoxy) is 2. The summed E-state index contributed by atoms with van der Waals surface area (Å²) in [6.45, 7) is 10.8. The van der Waals surface area contributed by atoms with Crippen molar-refractivity contribution in [2.75, 3.05) is 31.7 Å². The molecule has 0 saturated carbocycles. The number of morpholine rings is 1. The summed E-state index contributed by atoms with van der Waals surface area (Å²) in [6, 6.07) is 0. The van der Waals surface area contributed by atoms with Crippen molar-refractivity contribution in [2.24, 2.45) is 0 Å². The van der Waals surface area contributed by atoms with Gasteiger partial charge in [0.2, 0.25) is 5.13 Å². The first-order valence-electron chi connectivity index (χ1n) is 6.58. The van der Waals surface area contributed by atoms with Crippen LogP contribution < -0.4 is 4.90 Å². The molecule has 0 bridgehead atoms. The first kappa shape index (κ1) is 14.7. The highest BCUT2D eigenvalue weighted by Gasteiger charge is 2.39. The van der Waals surface area contributed by atoms with Crippen LogP contribution >= 0.6 is 11.5 Å². The predicted molar refractivity (Wildman–Crippen MR) is 76.9 cm³/mol. The molecule has 0 aromatic carbocycles. The van der Waals surface area contributed by atoms with Crippen molar-refractivity contribution >= 4 is 16.7 Å². The molecular weight excluding hydrogens is 262 g/mol. The molecule has 0 N–H and O–H groups in total. The van der Waals surface area contributed by atoms with Crippen LogP contribution in [0.3, 0.4) is 0 Å². The predicted octanol–water partition coefficient (Wildman–Crippen LogP) is 2.12. The van der Waals surface area contributed by atoms with Gasteiger partial charge in [0.25, 0.3) is 0 Å². The molecule has 1 aliphatic heterocycles. The molecule has 1 fully saturated rings. The van der Waals surface area contributed by atoms with Gasteiger partial charge in [-0.2, -0.15) is 4.37 Å². The Balaban J connectivity index is 2.10. The first-order chi connectivity index (χ1) is 8.81. The van der Waals surface area contributed by atoms with Crippen molar-refractivity contribution in [3.05, 3.63) is 5.82 Å². The second-order valence-corrected chi connectivity index (χ2v) is 6.94. The molecule has 0 unspecified atom stereocenters. The highest BCUT2D eigenvalue weighted by atomic mass is 32.1. The minimum absolute atomic E-state index is 0.167. The zero-order valence-electron chi connectivity index (χ0n) is 12.4. The van der Waals surface area contributed by atoms with Crippen molar-refractivity contribution in [2.45, 2.75) is 45.3 Å². The summed E-state index contributed by atoms with van der Waals surface area (Å²) in [6.07, 6.45) is 0.768. The number of hydrogen-bond acceptors (Lipinski definition) is 6. The molecule has 0 radical (unpaired) electrons. The van der Waals surface area contributed by atoms with Crippen molar-refractivity contribution in [3.63, 3.8) is 0 Å². The van der Waals surface area contributed by atoms with Crippen LogP contribution in [0, 0.1) is 0 Å². The number of rotatable bonds is 4. The van der Waals surface area contributed by atoms with Crippen LogP contribution in [0.4, 0.5) is 5.13 Å². The lowest BCUT2D eigenvalue weighted by Crippen LogP contribution is -2.57. The minimum atomic E-state index is -0.167. The quantitative estimate of drug-likeness (QED) is 0.848. The molecule has 0 aliphatic carbocycles. The number of methoxy groups -OCH3 is 1. The van der Waals surface area contributed by atoms with E-state index in [1.807, 2.05) is 0 Å². The zero-order chi connectivity index (χ0) is 14.1. The van der Waals surface area contributed by atoms with E-state index in [0.29, 0.717) is 6.61 Å². The van der Waals surface area contributed by atoms with E-state index in [2.05, 4.69) is 42.0 Å². The molecule has 2 heterocycles. The SMILES string of the molecule is COCCc1nsc(N2CC(C)(C)OC(C)(C)C2)n1. The Bertz CT molecular complexity index is 415. The maximum absolute atomic E-state index is 6.08. The van der Waals surface area contributed by atoms with Crippen LogP contribution in [0.15, 0.2) is 0 Å². The maximum Gasteiger partial charge on any atom is 0.205 e. The molecule has 19 heavy (non-hydrogen) atoms. The van der Waals surface area contributed by atoms with Crippen molar-refractivity contribution in [1.82, 2.24) is 9.36 Å². The van der Waals surface area contributed by atoms with Crippen LogP contribution in [0.25, 0.3) is 0 Å². The summed E-state index contributed by atoms with van der Waals surface area (Å²) in [5, 5.41) is 0.982. The largest absolute Gasteiger partial charge is 0.384 e. The third-order valence-corrected chi connectivity index (χ3v) is 3.77. The number of hydrogen-bond donors (Lipinski definition) is 0. The van der Waals surface area contributed by atoms with E-state index in [4.69, 9.17) is 9.47 Å². The number of anilines is 1. The molecule has 0 amide bonds. The maximum atomic E-state index is 6.08. The van der Waals surface area contributed by atoms with Gasteiger partial charge in [0.05, 0.1) is 17.8 Å². The lowest BCUT2D eigenvalue weighted by Gasteiger charge is -2.46. The van der Waals surface area contributed by atoms with Crippen LogP contribution in [-0.2, 0) is 15.9 Å². The van der Waals surface area contributed by atoms with Gasteiger partial charge >= 0.3 is 0 Å². The third-order valence-electron chi connectivity index (χ3n) is 2.95. The Kier molecular flexibility index (Phi) is 4.13. The molecule has 0 atom stereocenters. The second kappa shape index (κ2) is 5.34. The van der Waals surface area contributed by atoms with Gasteiger partial charge in [-0.3, -0.25) is 0 Å². The van der Waals surface area contributed by atoms with E-state index in [9.17, 15) is 0 Å². The van der Waals surface area contributed by atoms with Crippen LogP contribution in [0.2, 0.25) is 0 Å². The lowest BCUT2D eigenvalue weighted by atomic mass is 9.99. The van der Waals surface area contributed by atoms with Gasteiger partial charge in [-0.1, -0.05) is 0 Å². The Labute approximate surface area is 119 Å². The van der Waals surface area contributed by atoms with E-state index >= 15 is 0 Å². The molecule has 2 rings (SSSR count). The Morgan fingerprint density at radius 2 is 1.89 bits per heavy atom. The van der Waals surface area contributed by atoms with Crippen LogP contribution in [0.5, 0.6) is 0 Å². The summed E-state index contributed by atoms with van der Waals surface area (Å²) in [4.78, 5) is 6.88. The van der Waals surface area contributed by atoms with Crippen molar-refractivity contribution in [1.29, 1.82) is 0 Å². The molecule has 6 heteroatoms. The first-order valence-corrected chi connectivity index (χ1v) is 7.35. The van der Waals surface area contributed by atoms with E-state index in [1.54, 1.807) is 7.11 Å². The standard InChI is InChI=1S/C13H23N3O2S/c1-12(2)8-16(9-13(3,4)18-12)11-14-10(15-19-11)6-7-17-5/h6-9H2,1-5H3. The van der Waals surface area contributed by atoms with Gasteiger partial charge in [0.15, 0.2) is 0 Å². The van der Waals surface area contributed by atoms with Gasteiger partial charge in [0.1, 0.15) is 5.82 Å². The monoisotopic (exact) mass is 285 g/mol. The fourth-order valence-electron chi connectivity index (χ4n) is 2.59. The molecule has 0 spiro atoms. The molecule has 1 aromatic rings. The van der Waals surface area contributed by atoms with Crippen molar-refractivity contribution in [3.8, 4) is 0 Å².